The summed E-state index contributed by atoms with van der Waals surface area (Å²) in [6, 6.07) is 2.18. The van der Waals surface area contributed by atoms with Gasteiger partial charge in [0.2, 0.25) is 0 Å². The Morgan fingerprint density at radius 3 is 1.93 bits per heavy atom. The van der Waals surface area contributed by atoms with Crippen LogP contribution in [0.15, 0.2) is 19.2 Å². The van der Waals surface area contributed by atoms with Crippen molar-refractivity contribution in [1.82, 2.24) is 0 Å². The van der Waals surface area contributed by atoms with Crippen molar-refractivity contribution in [3.8, 4) is 0 Å². The zero-order chi connectivity index (χ0) is 12.3. The molecule has 0 N–H and O–H groups in total. The van der Waals surface area contributed by atoms with Gasteiger partial charge in [0.05, 0.1) is 0 Å². The Kier molecular flexibility index (Phi) is 12.5. The molecular formula is C14H24S. The fraction of sp³-hybridized carbons (Fsp3) is 0.429. The largest absolute Gasteiger partial charge is 0.140 e. The van der Waals surface area contributed by atoms with Crippen molar-refractivity contribution in [3.63, 3.8) is 0 Å². The van der Waals surface area contributed by atoms with E-state index in [4.69, 9.17) is 0 Å². The Hall–Kier alpha value is -0.820. The molecule has 1 aromatic heterocycles. The summed E-state index contributed by atoms with van der Waals surface area (Å²) in [7, 11) is 0. The van der Waals surface area contributed by atoms with Gasteiger partial charge in [-0.15, -0.1) is 11.3 Å². The van der Waals surface area contributed by atoms with Gasteiger partial charge < -0.3 is 0 Å². The minimum absolute atomic E-state index is 1.10. The molecule has 0 bridgehead atoms. The zero-order valence-corrected chi connectivity index (χ0v) is 11.6. The van der Waals surface area contributed by atoms with E-state index in [1.54, 1.807) is 11.3 Å². The molecule has 1 heterocycles. The highest BCUT2D eigenvalue weighted by Gasteiger charge is 2.00. The van der Waals surface area contributed by atoms with Gasteiger partial charge in [-0.2, -0.15) is 0 Å². The molecule has 0 fully saturated rings. The zero-order valence-electron chi connectivity index (χ0n) is 10.8. The summed E-state index contributed by atoms with van der Waals surface area (Å²) in [5.74, 6) is 0. The number of hydrogen-bond acceptors (Lipinski definition) is 1. The smallest absolute Gasteiger partial charge is 0.0339 e. The van der Waals surface area contributed by atoms with E-state index < -0.39 is 0 Å². The molecule has 0 aliphatic carbocycles. The molecule has 0 saturated heterocycles. The molecule has 0 amide bonds. The minimum Gasteiger partial charge on any atom is -0.140 e. The second kappa shape index (κ2) is 11.3. The molecule has 86 valence electrons. The summed E-state index contributed by atoms with van der Waals surface area (Å²) in [6.07, 6.45) is 4.87. The highest BCUT2D eigenvalue weighted by atomic mass is 32.1. The maximum Gasteiger partial charge on any atom is 0.0339 e. The van der Waals surface area contributed by atoms with Crippen LogP contribution in [0.4, 0.5) is 0 Å². The van der Waals surface area contributed by atoms with Crippen molar-refractivity contribution >= 4 is 23.5 Å². The third kappa shape index (κ3) is 5.58. The van der Waals surface area contributed by atoms with Crippen molar-refractivity contribution in [3.05, 3.63) is 34.5 Å². The predicted octanol–water partition coefficient (Wildman–Crippen LogP) is 5.65. The first-order chi connectivity index (χ1) is 7.31. The molecule has 15 heavy (non-hydrogen) atoms. The van der Waals surface area contributed by atoms with Crippen LogP contribution in [0.2, 0.25) is 0 Å². The first kappa shape index (κ1) is 16.6. The molecule has 0 nitrogen and oxygen atoms in total. The molecule has 0 aliphatic heterocycles. The molecule has 0 aromatic carbocycles. The minimum atomic E-state index is 1.10. The van der Waals surface area contributed by atoms with Gasteiger partial charge in [-0.1, -0.05) is 59.9 Å². The van der Waals surface area contributed by atoms with E-state index in [-0.39, 0.29) is 0 Å². The summed E-state index contributed by atoms with van der Waals surface area (Å²) in [5.41, 5.74) is 1.21. The van der Waals surface area contributed by atoms with Crippen LogP contribution in [0.3, 0.4) is 0 Å². The third-order valence-corrected chi connectivity index (χ3v) is 2.89. The van der Waals surface area contributed by atoms with Gasteiger partial charge in [0.1, 0.15) is 0 Å². The Morgan fingerprint density at radius 1 is 1.13 bits per heavy atom. The molecule has 0 saturated carbocycles. The summed E-state index contributed by atoms with van der Waals surface area (Å²) in [5, 5.41) is 0. The second-order valence-electron chi connectivity index (χ2n) is 2.29. The molecule has 0 aliphatic rings. The van der Waals surface area contributed by atoms with Gasteiger partial charge >= 0.3 is 0 Å². The van der Waals surface area contributed by atoms with Gasteiger partial charge in [0.25, 0.3) is 0 Å². The normalized spacial score (nSPS) is 7.80. The Bertz CT molecular complexity index is 243. The lowest BCUT2D eigenvalue weighted by atomic mass is 10.2. The number of hydrogen-bond donors (Lipinski definition) is 0. The summed E-state index contributed by atoms with van der Waals surface area (Å²) in [6.45, 7) is 17.7. The van der Waals surface area contributed by atoms with E-state index in [2.05, 4.69) is 26.1 Å². The number of aryl methyl sites for hydroxylation is 1. The van der Waals surface area contributed by atoms with Crippen LogP contribution in [0, 0.1) is 0 Å². The van der Waals surface area contributed by atoms with E-state index in [1.807, 2.05) is 39.8 Å². The quantitative estimate of drug-likeness (QED) is 0.622. The standard InChI is InChI=1S/C10H12S.2C2H6/c1-4-8-7-9(5-2)11-10(8)6-3;2*1-2/h4,6-7H,1,3,5H2,2H3;2*1-2H3. The van der Waals surface area contributed by atoms with Crippen molar-refractivity contribution in [2.75, 3.05) is 0 Å². The fourth-order valence-electron chi connectivity index (χ4n) is 0.967. The van der Waals surface area contributed by atoms with Crippen molar-refractivity contribution in [2.24, 2.45) is 0 Å². The van der Waals surface area contributed by atoms with Crippen molar-refractivity contribution in [1.29, 1.82) is 0 Å². The van der Waals surface area contributed by atoms with E-state index >= 15 is 0 Å². The summed E-state index contributed by atoms with van der Waals surface area (Å²) < 4.78 is 0. The highest BCUT2D eigenvalue weighted by molar-refractivity contribution is 7.13. The molecule has 1 heteroatoms. The Labute approximate surface area is 99.4 Å². The third-order valence-electron chi connectivity index (χ3n) is 1.60. The van der Waals surface area contributed by atoms with Crippen LogP contribution in [-0.4, -0.2) is 0 Å². The average molecular weight is 224 g/mol. The lowest BCUT2D eigenvalue weighted by molar-refractivity contribution is 1.19. The average Bonchev–Trinajstić information content (AvgIpc) is 2.76. The topological polar surface area (TPSA) is 0 Å². The maximum absolute atomic E-state index is 3.75. The SMILES string of the molecule is C=Cc1cc(CC)sc1C=C.CC.CC. The fourth-order valence-corrected chi connectivity index (χ4v) is 1.92. The van der Waals surface area contributed by atoms with Gasteiger partial charge in [-0.05, 0) is 18.1 Å². The highest BCUT2D eigenvalue weighted by Crippen LogP contribution is 2.24. The van der Waals surface area contributed by atoms with Gasteiger partial charge in [0, 0.05) is 9.75 Å². The molecule has 0 unspecified atom stereocenters. The van der Waals surface area contributed by atoms with Crippen LogP contribution in [0.1, 0.15) is 49.9 Å². The van der Waals surface area contributed by atoms with Gasteiger partial charge in [0.15, 0.2) is 0 Å². The van der Waals surface area contributed by atoms with Crippen LogP contribution in [0.5, 0.6) is 0 Å². The van der Waals surface area contributed by atoms with Crippen LogP contribution < -0.4 is 0 Å². The van der Waals surface area contributed by atoms with E-state index in [9.17, 15) is 0 Å². The predicted molar refractivity (Wildman–Crippen MR) is 76.6 cm³/mol. The first-order valence-corrected chi connectivity index (χ1v) is 6.51. The monoisotopic (exact) mass is 224 g/mol. The first-order valence-electron chi connectivity index (χ1n) is 5.69. The van der Waals surface area contributed by atoms with Crippen molar-refractivity contribution in [2.45, 2.75) is 41.0 Å². The number of rotatable bonds is 3. The maximum atomic E-state index is 3.75. The number of thiophene rings is 1. The molecule has 0 atom stereocenters. The Morgan fingerprint density at radius 2 is 1.67 bits per heavy atom. The lowest BCUT2D eigenvalue weighted by Gasteiger charge is -1.85. The summed E-state index contributed by atoms with van der Waals surface area (Å²) in [4.78, 5) is 2.63. The van der Waals surface area contributed by atoms with Gasteiger partial charge in [-0.25, -0.2) is 0 Å². The van der Waals surface area contributed by atoms with Crippen LogP contribution in [-0.2, 0) is 6.42 Å². The van der Waals surface area contributed by atoms with E-state index in [0.29, 0.717) is 0 Å². The van der Waals surface area contributed by atoms with E-state index in [0.717, 1.165) is 6.42 Å². The Balaban J connectivity index is 0. The summed E-state index contributed by atoms with van der Waals surface area (Å²) >= 11 is 1.79. The molecule has 1 rings (SSSR count). The van der Waals surface area contributed by atoms with Gasteiger partial charge in [-0.3, -0.25) is 0 Å². The second-order valence-corrected chi connectivity index (χ2v) is 3.46. The molecule has 0 spiro atoms. The molecule has 1 aromatic rings. The molecular weight excluding hydrogens is 200 g/mol. The van der Waals surface area contributed by atoms with Crippen LogP contribution >= 0.6 is 11.3 Å². The lowest BCUT2D eigenvalue weighted by Crippen LogP contribution is -1.66. The molecule has 0 radical (unpaired) electrons. The van der Waals surface area contributed by atoms with E-state index in [1.165, 1.54) is 15.3 Å². The van der Waals surface area contributed by atoms with Crippen molar-refractivity contribution < 1.29 is 0 Å². The van der Waals surface area contributed by atoms with Crippen LogP contribution in [0.25, 0.3) is 12.2 Å².